The van der Waals surface area contributed by atoms with Gasteiger partial charge in [0.15, 0.2) is 0 Å². The lowest BCUT2D eigenvalue weighted by molar-refractivity contribution is 0.963. The van der Waals surface area contributed by atoms with Gasteiger partial charge >= 0.3 is 0 Å². The number of hydrogen-bond donors (Lipinski definition) is 0. The third-order valence-corrected chi connectivity index (χ3v) is 15.4. The molecule has 0 bridgehead atoms. The van der Waals surface area contributed by atoms with Gasteiger partial charge in [0.05, 0.1) is 16.6 Å². The summed E-state index contributed by atoms with van der Waals surface area (Å²) in [6.07, 6.45) is 15.9. The summed E-state index contributed by atoms with van der Waals surface area (Å²) < 4.78 is 4.85. The fraction of sp³-hybridized carbons (Fsp3) is 0.0556. The first kappa shape index (κ1) is 45.0. The number of nitrogens with zero attached hydrogens (tertiary/aromatic N) is 4. The van der Waals surface area contributed by atoms with Crippen LogP contribution in [0.2, 0.25) is 0 Å². The second-order valence-electron chi connectivity index (χ2n) is 19.9. The smallest absolute Gasteiger partial charge is 0.0542 e. The Hall–Kier alpha value is -9.64. The Bertz CT molecular complexity index is 4160. The molecule has 0 saturated heterocycles. The Kier molecular flexibility index (Phi) is 11.4. The first-order valence-electron chi connectivity index (χ1n) is 26.6. The van der Waals surface area contributed by atoms with E-state index in [9.17, 15) is 0 Å². The van der Waals surface area contributed by atoms with Gasteiger partial charge in [-0.15, -0.1) is 0 Å². The summed E-state index contributed by atoms with van der Waals surface area (Å²) in [5.41, 5.74) is 22.5. The number of rotatable bonds is 11. The van der Waals surface area contributed by atoms with Crippen LogP contribution in [0.1, 0.15) is 30.5 Å². The van der Waals surface area contributed by atoms with Crippen LogP contribution in [0.5, 0.6) is 0 Å². The highest BCUT2D eigenvalue weighted by atomic mass is 15.1. The lowest BCUT2D eigenvalue weighted by atomic mass is 10.00. The molecule has 0 atom stereocenters. The van der Waals surface area contributed by atoms with Gasteiger partial charge in [0, 0.05) is 67.4 Å². The molecular weight excluding hydrogens is 921 g/mol. The highest BCUT2D eigenvalue weighted by Gasteiger charge is 2.23. The van der Waals surface area contributed by atoms with E-state index >= 15 is 0 Å². The van der Waals surface area contributed by atoms with E-state index < -0.39 is 0 Å². The minimum absolute atomic E-state index is 1.03. The topological polar surface area (TPSA) is 16.3 Å². The quantitative estimate of drug-likeness (QED) is 0.128. The molecule has 0 fully saturated rings. The van der Waals surface area contributed by atoms with Gasteiger partial charge in [0.1, 0.15) is 0 Å². The Morgan fingerprint density at radius 2 is 0.724 bits per heavy atom. The fourth-order valence-corrected chi connectivity index (χ4v) is 11.7. The molecule has 76 heavy (non-hydrogen) atoms. The van der Waals surface area contributed by atoms with Gasteiger partial charge < -0.3 is 18.9 Å². The molecule has 12 aromatic rings. The highest BCUT2D eigenvalue weighted by molar-refractivity contribution is 6.11. The van der Waals surface area contributed by atoms with Crippen LogP contribution in [-0.2, 0) is 6.42 Å². The van der Waals surface area contributed by atoms with Crippen LogP contribution in [0.4, 0.5) is 34.1 Å². The second-order valence-corrected chi connectivity index (χ2v) is 19.9. The molecule has 0 N–H and O–H groups in total. The zero-order valence-corrected chi connectivity index (χ0v) is 42.2. The lowest BCUT2D eigenvalue weighted by Crippen LogP contribution is -2.10. The van der Waals surface area contributed by atoms with Crippen LogP contribution < -0.4 is 9.80 Å². The number of fused-ring (bicyclic) bond motifs is 6. The van der Waals surface area contributed by atoms with Crippen molar-refractivity contribution in [2.45, 2.75) is 25.7 Å². The number of aryl methyl sites for hydroxylation is 1. The van der Waals surface area contributed by atoms with Crippen molar-refractivity contribution in [3.63, 3.8) is 0 Å². The minimum atomic E-state index is 1.03. The van der Waals surface area contributed by atoms with E-state index in [0.29, 0.717) is 0 Å². The molecule has 2 aliphatic carbocycles. The third kappa shape index (κ3) is 8.12. The molecule has 4 nitrogen and oxygen atoms in total. The summed E-state index contributed by atoms with van der Waals surface area (Å²) in [4.78, 5) is 4.80. The monoisotopic (exact) mass is 974 g/mol. The SMILES string of the molecule is C1=CC(n2c3c(c4cc(N(c5ccc(-c6ccccc6)cc5)c5ccc(-c6ccc(N(c7ccc(-c8ccccc8)cc7)c7ccc8c(c7)c7ccccc7n8-c7ccccc7)cc6)cc5)ccc42)CCC=C3)=CCC1. The van der Waals surface area contributed by atoms with Gasteiger partial charge in [-0.2, -0.15) is 0 Å². The van der Waals surface area contributed by atoms with Crippen LogP contribution in [0.3, 0.4) is 0 Å². The second kappa shape index (κ2) is 19.3. The third-order valence-electron chi connectivity index (χ3n) is 15.4. The highest BCUT2D eigenvalue weighted by Crippen LogP contribution is 2.44. The van der Waals surface area contributed by atoms with E-state index in [4.69, 9.17) is 0 Å². The Labute approximate surface area is 444 Å². The molecule has 14 rings (SSSR count). The maximum Gasteiger partial charge on any atom is 0.0542 e. The molecule has 362 valence electrons. The van der Waals surface area contributed by atoms with Crippen LogP contribution in [-0.4, -0.2) is 9.13 Å². The van der Waals surface area contributed by atoms with Crippen molar-refractivity contribution in [3.05, 3.63) is 284 Å². The van der Waals surface area contributed by atoms with Gasteiger partial charge in [-0.25, -0.2) is 0 Å². The fourth-order valence-electron chi connectivity index (χ4n) is 11.7. The standard InChI is InChI=1S/C72H54N4/c1-5-17-51(18-6-1)53-29-37-59(38-30-53)73(63-45-47-71-67(49-63)65-25-13-15-27-69(65)75(71)57-21-9-3-10-22-57)61-41-33-55(34-42-61)56-35-43-62(44-36-56)74(60-39-31-54(32-40-60)52-19-7-2-8-20-52)64-46-48-72-68(50-64)66-26-14-16-28-70(66)76(72)58-23-11-4-12-24-58/h1-3,5-11,13,15-25,27-50H,4,12,14,26H2. The van der Waals surface area contributed by atoms with Crippen molar-refractivity contribution in [2.75, 3.05) is 9.80 Å². The van der Waals surface area contributed by atoms with Gasteiger partial charge in [0.25, 0.3) is 0 Å². The number of hydrogen-bond acceptors (Lipinski definition) is 2. The number of allylic oxidation sites excluding steroid dienone is 5. The van der Waals surface area contributed by atoms with Gasteiger partial charge in [-0.3, -0.25) is 0 Å². The molecule has 2 aromatic heterocycles. The van der Waals surface area contributed by atoms with Crippen LogP contribution in [0, 0.1) is 0 Å². The summed E-state index contributed by atoms with van der Waals surface area (Å²) in [6.45, 7) is 0. The summed E-state index contributed by atoms with van der Waals surface area (Å²) in [6, 6.07) is 90.8. The average molecular weight is 975 g/mol. The van der Waals surface area contributed by atoms with E-state index in [1.807, 2.05) is 0 Å². The van der Waals surface area contributed by atoms with Crippen molar-refractivity contribution >= 4 is 78.6 Å². The van der Waals surface area contributed by atoms with Crippen molar-refractivity contribution in [1.82, 2.24) is 9.13 Å². The number of benzene rings is 10. The normalized spacial score (nSPS) is 13.0. The largest absolute Gasteiger partial charge is 0.310 e. The Morgan fingerprint density at radius 3 is 1.24 bits per heavy atom. The van der Waals surface area contributed by atoms with Crippen LogP contribution in [0.25, 0.3) is 83.5 Å². The Morgan fingerprint density at radius 1 is 0.303 bits per heavy atom. The van der Waals surface area contributed by atoms with E-state index in [-0.39, 0.29) is 0 Å². The molecule has 2 heterocycles. The molecule has 2 aliphatic rings. The molecule has 4 heteroatoms. The Balaban J connectivity index is 0.837. The summed E-state index contributed by atoms with van der Waals surface area (Å²) in [5, 5.41) is 3.76. The van der Waals surface area contributed by atoms with Crippen molar-refractivity contribution in [3.8, 4) is 39.1 Å². The first-order valence-corrected chi connectivity index (χ1v) is 26.6. The lowest BCUT2D eigenvalue weighted by Gasteiger charge is -2.27. The summed E-state index contributed by atoms with van der Waals surface area (Å²) in [7, 11) is 0. The molecule has 0 amide bonds. The molecule has 10 aromatic carbocycles. The van der Waals surface area contributed by atoms with Crippen molar-refractivity contribution in [1.29, 1.82) is 0 Å². The molecule has 0 radical (unpaired) electrons. The van der Waals surface area contributed by atoms with Crippen LogP contribution >= 0.6 is 0 Å². The number of aromatic nitrogens is 2. The van der Waals surface area contributed by atoms with E-state index in [0.717, 1.165) is 76.6 Å². The molecular formula is C72H54N4. The van der Waals surface area contributed by atoms with E-state index in [1.54, 1.807) is 0 Å². The number of anilines is 6. The van der Waals surface area contributed by atoms with Gasteiger partial charge in [0.2, 0.25) is 0 Å². The average Bonchev–Trinajstić information content (AvgIpc) is 4.02. The summed E-state index contributed by atoms with van der Waals surface area (Å²) >= 11 is 0. The zero-order chi connectivity index (χ0) is 50.4. The molecule has 0 saturated carbocycles. The van der Waals surface area contributed by atoms with Gasteiger partial charge in [-0.05, 0) is 180 Å². The van der Waals surface area contributed by atoms with E-state index in [1.165, 1.54) is 71.9 Å². The summed E-state index contributed by atoms with van der Waals surface area (Å²) in [5.74, 6) is 0. The maximum absolute atomic E-state index is 2.48. The number of para-hydroxylation sites is 2. The molecule has 0 unspecified atom stereocenters. The minimum Gasteiger partial charge on any atom is -0.310 e. The van der Waals surface area contributed by atoms with Crippen molar-refractivity contribution < 1.29 is 0 Å². The predicted molar refractivity (Wildman–Crippen MR) is 322 cm³/mol. The molecule has 0 spiro atoms. The first-order chi connectivity index (χ1) is 37.7. The predicted octanol–water partition coefficient (Wildman–Crippen LogP) is 19.8. The van der Waals surface area contributed by atoms with E-state index in [2.05, 4.69) is 298 Å². The van der Waals surface area contributed by atoms with Crippen molar-refractivity contribution in [2.24, 2.45) is 0 Å². The maximum atomic E-state index is 2.48. The molecule has 0 aliphatic heterocycles. The van der Waals surface area contributed by atoms with Gasteiger partial charge in [-0.1, -0.05) is 164 Å². The zero-order valence-electron chi connectivity index (χ0n) is 42.2. The van der Waals surface area contributed by atoms with Crippen LogP contribution in [0.15, 0.2) is 273 Å².